The topological polar surface area (TPSA) is 64.6 Å². The molecule has 1 aromatic heterocycles. The molecule has 0 fully saturated rings. The summed E-state index contributed by atoms with van der Waals surface area (Å²) in [6, 6.07) is 12.2. The standard InChI is InChI=1S/C23H27N5S2/c1-15(2)12-28(13-16(3)4)18-6-8-20(17(5)10-18)26-27-23-25-21-9-7-19(29-14-24)11-22(21)30-23/h6-11,15-16H,12-13H2,1-5H3/b27-26+. The van der Waals surface area contributed by atoms with Crippen LogP contribution in [0, 0.1) is 29.4 Å². The molecule has 30 heavy (non-hydrogen) atoms. The minimum absolute atomic E-state index is 0.606. The number of nitrogens with zero attached hydrogens (tertiary/aromatic N) is 5. The van der Waals surface area contributed by atoms with Crippen molar-refractivity contribution in [3.05, 3.63) is 42.0 Å². The number of aryl methyl sites for hydroxylation is 1. The van der Waals surface area contributed by atoms with Gasteiger partial charge in [0.25, 0.3) is 0 Å². The largest absolute Gasteiger partial charge is 0.371 e. The van der Waals surface area contributed by atoms with E-state index < -0.39 is 0 Å². The normalized spacial score (nSPS) is 11.7. The third-order valence-electron chi connectivity index (χ3n) is 4.47. The van der Waals surface area contributed by atoms with Gasteiger partial charge >= 0.3 is 0 Å². The molecule has 1 heterocycles. The van der Waals surface area contributed by atoms with E-state index >= 15 is 0 Å². The molecule has 0 N–H and O–H groups in total. The van der Waals surface area contributed by atoms with Crippen molar-refractivity contribution >= 4 is 49.8 Å². The van der Waals surface area contributed by atoms with Crippen molar-refractivity contribution in [3.8, 4) is 5.40 Å². The van der Waals surface area contributed by atoms with E-state index in [1.807, 2.05) is 24.3 Å². The lowest BCUT2D eigenvalue weighted by Gasteiger charge is -2.29. The Morgan fingerprint density at radius 1 is 1.07 bits per heavy atom. The van der Waals surface area contributed by atoms with E-state index in [0.717, 1.165) is 51.2 Å². The highest BCUT2D eigenvalue weighted by molar-refractivity contribution is 8.03. The monoisotopic (exact) mass is 437 g/mol. The molecule has 0 unspecified atom stereocenters. The number of hydrogen-bond donors (Lipinski definition) is 0. The number of thioether (sulfide) groups is 1. The predicted molar refractivity (Wildman–Crippen MR) is 128 cm³/mol. The van der Waals surface area contributed by atoms with E-state index in [0.29, 0.717) is 17.0 Å². The summed E-state index contributed by atoms with van der Waals surface area (Å²) in [6.45, 7) is 13.2. The molecule has 0 spiro atoms. The zero-order valence-electron chi connectivity index (χ0n) is 18.1. The van der Waals surface area contributed by atoms with Crippen LogP contribution in [0.5, 0.6) is 0 Å². The van der Waals surface area contributed by atoms with Crippen LogP contribution in [-0.2, 0) is 0 Å². The highest BCUT2D eigenvalue weighted by Crippen LogP contribution is 2.33. The molecule has 0 atom stereocenters. The van der Waals surface area contributed by atoms with Crippen LogP contribution in [0.3, 0.4) is 0 Å². The second kappa shape index (κ2) is 10.1. The van der Waals surface area contributed by atoms with Crippen molar-refractivity contribution in [1.29, 1.82) is 5.26 Å². The van der Waals surface area contributed by atoms with E-state index in [-0.39, 0.29) is 0 Å². The summed E-state index contributed by atoms with van der Waals surface area (Å²) in [6.07, 6.45) is 0. The fourth-order valence-corrected chi connectivity index (χ4v) is 4.58. The molecule has 5 nitrogen and oxygen atoms in total. The number of aromatic nitrogens is 1. The van der Waals surface area contributed by atoms with Gasteiger partial charge in [0.2, 0.25) is 5.13 Å². The SMILES string of the molecule is Cc1cc(N(CC(C)C)CC(C)C)ccc1/N=N/c1nc2ccc(SC#N)cc2s1. The molecule has 0 amide bonds. The molecule has 0 radical (unpaired) electrons. The average Bonchev–Trinajstić information content (AvgIpc) is 3.08. The molecular formula is C23H27N5S2. The molecule has 7 heteroatoms. The number of thiazole rings is 1. The van der Waals surface area contributed by atoms with Crippen molar-refractivity contribution in [1.82, 2.24) is 4.98 Å². The van der Waals surface area contributed by atoms with Crippen molar-refractivity contribution in [3.63, 3.8) is 0 Å². The maximum Gasteiger partial charge on any atom is 0.231 e. The first kappa shape index (κ1) is 22.3. The van der Waals surface area contributed by atoms with Gasteiger partial charge < -0.3 is 4.90 Å². The molecular weight excluding hydrogens is 410 g/mol. The number of thiocyanates is 1. The van der Waals surface area contributed by atoms with Gasteiger partial charge in [-0.1, -0.05) is 39.0 Å². The molecule has 3 rings (SSSR count). The van der Waals surface area contributed by atoms with Gasteiger partial charge in [0.15, 0.2) is 0 Å². The second-order valence-corrected chi connectivity index (χ2v) is 10.0. The smallest absolute Gasteiger partial charge is 0.231 e. The molecule has 0 aliphatic rings. The van der Waals surface area contributed by atoms with Crippen LogP contribution in [-0.4, -0.2) is 18.1 Å². The first-order valence-corrected chi connectivity index (χ1v) is 11.7. The third-order valence-corrected chi connectivity index (χ3v) is 5.96. The maximum absolute atomic E-state index is 8.84. The van der Waals surface area contributed by atoms with Gasteiger partial charge in [-0.3, -0.25) is 0 Å². The van der Waals surface area contributed by atoms with Gasteiger partial charge in [0.05, 0.1) is 15.9 Å². The summed E-state index contributed by atoms with van der Waals surface area (Å²) in [5.41, 5.74) is 4.06. The third kappa shape index (κ3) is 5.80. The number of rotatable bonds is 8. The highest BCUT2D eigenvalue weighted by Gasteiger charge is 2.12. The van der Waals surface area contributed by atoms with Crippen LogP contribution in [0.25, 0.3) is 10.2 Å². The fourth-order valence-electron chi connectivity index (χ4n) is 3.26. The van der Waals surface area contributed by atoms with Crippen LogP contribution in [0.15, 0.2) is 51.5 Å². The lowest BCUT2D eigenvalue weighted by Crippen LogP contribution is -2.31. The number of benzene rings is 2. The number of fused-ring (bicyclic) bond motifs is 1. The van der Waals surface area contributed by atoms with Gasteiger partial charge in [-0.25, -0.2) is 4.98 Å². The van der Waals surface area contributed by atoms with E-state index in [2.05, 4.69) is 72.3 Å². The minimum Gasteiger partial charge on any atom is -0.371 e. The first-order chi connectivity index (χ1) is 14.4. The van der Waals surface area contributed by atoms with Crippen LogP contribution >= 0.6 is 23.1 Å². The molecule has 0 saturated heterocycles. The zero-order chi connectivity index (χ0) is 21.7. The van der Waals surface area contributed by atoms with Crippen molar-refractivity contribution < 1.29 is 0 Å². The first-order valence-electron chi connectivity index (χ1n) is 10.1. The van der Waals surface area contributed by atoms with Gasteiger partial charge in [-0.15, -0.1) is 10.2 Å². The molecule has 3 aromatic rings. The molecule has 156 valence electrons. The zero-order valence-corrected chi connectivity index (χ0v) is 19.7. The van der Waals surface area contributed by atoms with Gasteiger partial charge in [0, 0.05) is 23.7 Å². The Balaban J connectivity index is 1.80. The van der Waals surface area contributed by atoms with Crippen LogP contribution in [0.1, 0.15) is 33.3 Å². The van der Waals surface area contributed by atoms with E-state index in [9.17, 15) is 0 Å². The van der Waals surface area contributed by atoms with Gasteiger partial charge in [-0.2, -0.15) is 5.26 Å². The number of nitriles is 1. The van der Waals surface area contributed by atoms with Gasteiger partial charge in [-0.05, 0) is 72.5 Å². The van der Waals surface area contributed by atoms with Crippen molar-refractivity contribution in [2.45, 2.75) is 39.5 Å². The molecule has 0 aliphatic heterocycles. The minimum atomic E-state index is 0.606. The Labute approximate surface area is 186 Å². The summed E-state index contributed by atoms with van der Waals surface area (Å²) >= 11 is 2.63. The summed E-state index contributed by atoms with van der Waals surface area (Å²) in [5, 5.41) is 20.4. The fraction of sp³-hybridized carbons (Fsp3) is 0.391. The summed E-state index contributed by atoms with van der Waals surface area (Å²) in [4.78, 5) is 7.89. The number of anilines is 1. The summed E-state index contributed by atoms with van der Waals surface area (Å²) < 4.78 is 1.01. The van der Waals surface area contributed by atoms with E-state index in [1.54, 1.807) is 0 Å². The Morgan fingerprint density at radius 2 is 1.80 bits per heavy atom. The van der Waals surface area contributed by atoms with Crippen LogP contribution < -0.4 is 4.90 Å². The van der Waals surface area contributed by atoms with E-state index in [4.69, 9.17) is 5.26 Å². The Hall–Kier alpha value is -2.43. The van der Waals surface area contributed by atoms with Crippen LogP contribution in [0.4, 0.5) is 16.5 Å². The second-order valence-electron chi connectivity index (χ2n) is 8.18. The lowest BCUT2D eigenvalue weighted by atomic mass is 10.1. The van der Waals surface area contributed by atoms with Crippen molar-refractivity contribution in [2.24, 2.45) is 22.1 Å². The number of hydrogen-bond acceptors (Lipinski definition) is 7. The molecule has 2 aromatic carbocycles. The number of azo groups is 1. The van der Waals surface area contributed by atoms with Crippen molar-refractivity contribution in [2.75, 3.05) is 18.0 Å². The molecule has 0 bridgehead atoms. The quantitative estimate of drug-likeness (QED) is 0.206. The maximum atomic E-state index is 8.84. The Morgan fingerprint density at radius 3 is 2.43 bits per heavy atom. The van der Waals surface area contributed by atoms with Crippen LogP contribution in [0.2, 0.25) is 0 Å². The Kier molecular flexibility index (Phi) is 7.46. The Bertz CT molecular complexity index is 1070. The predicted octanol–water partition coefficient (Wildman–Crippen LogP) is 7.71. The molecule has 0 saturated carbocycles. The highest BCUT2D eigenvalue weighted by atomic mass is 32.2. The van der Waals surface area contributed by atoms with Gasteiger partial charge in [0.1, 0.15) is 5.40 Å². The summed E-state index contributed by atoms with van der Waals surface area (Å²) in [7, 11) is 0. The molecule has 0 aliphatic carbocycles. The average molecular weight is 438 g/mol. The van der Waals surface area contributed by atoms with E-state index in [1.165, 1.54) is 17.0 Å². The lowest BCUT2D eigenvalue weighted by molar-refractivity contribution is 0.552. The summed E-state index contributed by atoms with van der Waals surface area (Å²) in [5.74, 6) is 1.21.